The second-order valence-electron chi connectivity index (χ2n) is 4.11. The second-order valence-corrected chi connectivity index (χ2v) is 4.98. The molecule has 0 aliphatic heterocycles. The van der Waals surface area contributed by atoms with E-state index in [1.165, 1.54) is 6.08 Å². The van der Waals surface area contributed by atoms with E-state index in [0.29, 0.717) is 21.4 Å². The molecule has 0 heterocycles. The summed E-state index contributed by atoms with van der Waals surface area (Å²) in [6.45, 7) is 0. The molecule has 0 bridgehead atoms. The number of nitrogens with two attached hydrogens (primary N) is 1. The van der Waals surface area contributed by atoms with Crippen LogP contribution in [0.15, 0.2) is 48.5 Å². The van der Waals surface area contributed by atoms with Crippen molar-refractivity contribution in [1.82, 2.24) is 0 Å². The van der Waals surface area contributed by atoms with Crippen molar-refractivity contribution in [2.24, 2.45) is 0 Å². The van der Waals surface area contributed by atoms with E-state index in [2.05, 4.69) is 5.32 Å². The van der Waals surface area contributed by atoms with Crippen LogP contribution in [0.2, 0.25) is 10.0 Å². The number of nitrogen functional groups attached to an aromatic ring is 1. The predicted molar refractivity (Wildman–Crippen MR) is 85.0 cm³/mol. The van der Waals surface area contributed by atoms with Crippen molar-refractivity contribution in [2.45, 2.75) is 0 Å². The summed E-state index contributed by atoms with van der Waals surface area (Å²) >= 11 is 11.6. The monoisotopic (exact) mass is 306 g/mol. The fourth-order valence-electron chi connectivity index (χ4n) is 1.57. The molecular weight excluding hydrogens is 295 g/mol. The lowest BCUT2D eigenvalue weighted by Gasteiger charge is -2.06. The van der Waals surface area contributed by atoms with Gasteiger partial charge in [-0.15, -0.1) is 0 Å². The minimum atomic E-state index is -0.269. The van der Waals surface area contributed by atoms with E-state index in [4.69, 9.17) is 28.9 Å². The van der Waals surface area contributed by atoms with Crippen LogP contribution in [0.5, 0.6) is 0 Å². The molecule has 0 aliphatic rings. The number of carbonyl (C=O) groups is 1. The van der Waals surface area contributed by atoms with Gasteiger partial charge in [-0.05, 0) is 42.0 Å². The number of nitrogens with one attached hydrogen (secondary N) is 1. The van der Waals surface area contributed by atoms with Crippen molar-refractivity contribution < 1.29 is 4.79 Å². The van der Waals surface area contributed by atoms with E-state index < -0.39 is 0 Å². The second kappa shape index (κ2) is 6.46. The number of hydrogen-bond acceptors (Lipinski definition) is 2. The summed E-state index contributed by atoms with van der Waals surface area (Å²) in [7, 11) is 0. The van der Waals surface area contributed by atoms with Gasteiger partial charge >= 0.3 is 0 Å². The first-order chi connectivity index (χ1) is 9.54. The summed E-state index contributed by atoms with van der Waals surface area (Å²) < 4.78 is 0. The molecule has 2 aromatic rings. The summed E-state index contributed by atoms with van der Waals surface area (Å²) in [6, 6.07) is 12.1. The first kappa shape index (κ1) is 14.4. The largest absolute Gasteiger partial charge is 0.397 e. The first-order valence-electron chi connectivity index (χ1n) is 5.84. The van der Waals surface area contributed by atoms with Gasteiger partial charge < -0.3 is 11.1 Å². The molecule has 0 unspecified atom stereocenters. The topological polar surface area (TPSA) is 55.1 Å². The van der Waals surface area contributed by atoms with Crippen molar-refractivity contribution in [3.05, 3.63) is 64.1 Å². The quantitative estimate of drug-likeness (QED) is 0.658. The zero-order valence-corrected chi connectivity index (χ0v) is 11.9. The summed E-state index contributed by atoms with van der Waals surface area (Å²) in [5.74, 6) is -0.269. The SMILES string of the molecule is Nc1cc(Cl)ccc1NC(=O)/C=C/c1ccc(Cl)cc1. The molecular formula is C15H12Cl2N2O. The molecule has 5 heteroatoms. The molecule has 0 saturated heterocycles. The first-order valence-corrected chi connectivity index (χ1v) is 6.60. The maximum absolute atomic E-state index is 11.8. The average molecular weight is 307 g/mol. The molecule has 0 saturated carbocycles. The highest BCUT2D eigenvalue weighted by Gasteiger charge is 2.02. The molecule has 1 amide bonds. The third-order valence-corrected chi connectivity index (χ3v) is 3.06. The maximum Gasteiger partial charge on any atom is 0.248 e. The van der Waals surface area contributed by atoms with Crippen LogP contribution in [0.25, 0.3) is 6.08 Å². The molecule has 20 heavy (non-hydrogen) atoms. The van der Waals surface area contributed by atoms with Crippen LogP contribution in [0.3, 0.4) is 0 Å². The van der Waals surface area contributed by atoms with Crippen molar-refractivity contribution >= 4 is 46.6 Å². The summed E-state index contributed by atoms with van der Waals surface area (Å²) in [4.78, 5) is 11.8. The number of amides is 1. The van der Waals surface area contributed by atoms with Crippen LogP contribution in [0.1, 0.15) is 5.56 Å². The van der Waals surface area contributed by atoms with Gasteiger partial charge in [0.25, 0.3) is 0 Å². The molecule has 102 valence electrons. The van der Waals surface area contributed by atoms with Gasteiger partial charge in [-0.2, -0.15) is 0 Å². The van der Waals surface area contributed by atoms with Crippen LogP contribution < -0.4 is 11.1 Å². The maximum atomic E-state index is 11.8. The standard InChI is InChI=1S/C15H12Cl2N2O/c16-11-4-1-10(2-5-11)3-8-15(20)19-14-7-6-12(17)9-13(14)18/h1-9H,18H2,(H,19,20)/b8-3+. The van der Waals surface area contributed by atoms with Gasteiger partial charge in [0.15, 0.2) is 0 Å². The Kier molecular flexibility index (Phi) is 4.66. The van der Waals surface area contributed by atoms with Crippen LogP contribution in [0, 0.1) is 0 Å². The Balaban J connectivity index is 2.03. The molecule has 0 radical (unpaired) electrons. The number of rotatable bonds is 3. The fourth-order valence-corrected chi connectivity index (χ4v) is 1.87. The Labute approximate surface area is 127 Å². The van der Waals surface area contributed by atoms with Crippen LogP contribution >= 0.6 is 23.2 Å². The molecule has 0 aromatic heterocycles. The Hall–Kier alpha value is -1.97. The summed E-state index contributed by atoms with van der Waals surface area (Å²) in [6.07, 6.45) is 3.12. The lowest BCUT2D eigenvalue weighted by atomic mass is 10.2. The van der Waals surface area contributed by atoms with E-state index in [1.54, 1.807) is 36.4 Å². The van der Waals surface area contributed by atoms with E-state index >= 15 is 0 Å². The van der Waals surface area contributed by atoms with Gasteiger partial charge in [0.05, 0.1) is 11.4 Å². The zero-order valence-electron chi connectivity index (χ0n) is 10.4. The number of halogens is 2. The van der Waals surface area contributed by atoms with Crippen molar-refractivity contribution in [2.75, 3.05) is 11.1 Å². The van der Waals surface area contributed by atoms with Gasteiger partial charge in [-0.1, -0.05) is 35.3 Å². The Morgan fingerprint density at radius 1 is 1.05 bits per heavy atom. The van der Waals surface area contributed by atoms with E-state index in [-0.39, 0.29) is 5.91 Å². The summed E-state index contributed by atoms with van der Waals surface area (Å²) in [5.41, 5.74) is 7.59. The third kappa shape index (κ3) is 4.02. The Morgan fingerprint density at radius 3 is 2.35 bits per heavy atom. The smallest absolute Gasteiger partial charge is 0.248 e. The van der Waals surface area contributed by atoms with Gasteiger partial charge in [-0.25, -0.2) is 0 Å². The molecule has 0 aliphatic carbocycles. The number of hydrogen-bond donors (Lipinski definition) is 2. The molecule has 0 spiro atoms. The van der Waals surface area contributed by atoms with Crippen LogP contribution in [0.4, 0.5) is 11.4 Å². The summed E-state index contributed by atoms with van der Waals surface area (Å²) in [5, 5.41) is 3.86. The van der Waals surface area contributed by atoms with E-state index in [1.807, 2.05) is 12.1 Å². The molecule has 0 atom stereocenters. The van der Waals surface area contributed by atoms with Gasteiger partial charge in [0, 0.05) is 16.1 Å². The van der Waals surface area contributed by atoms with Crippen molar-refractivity contribution in [1.29, 1.82) is 0 Å². The molecule has 3 N–H and O–H groups in total. The normalized spacial score (nSPS) is 10.7. The lowest BCUT2D eigenvalue weighted by Crippen LogP contribution is -2.09. The minimum absolute atomic E-state index is 0.269. The number of anilines is 2. The van der Waals surface area contributed by atoms with E-state index in [9.17, 15) is 4.79 Å². The van der Waals surface area contributed by atoms with E-state index in [0.717, 1.165) is 5.56 Å². The highest BCUT2D eigenvalue weighted by Crippen LogP contribution is 2.22. The Bertz CT molecular complexity index is 651. The zero-order chi connectivity index (χ0) is 14.5. The van der Waals surface area contributed by atoms with Crippen LogP contribution in [-0.4, -0.2) is 5.91 Å². The molecule has 0 fully saturated rings. The highest BCUT2D eigenvalue weighted by molar-refractivity contribution is 6.31. The van der Waals surface area contributed by atoms with Gasteiger partial charge in [0.2, 0.25) is 5.91 Å². The minimum Gasteiger partial charge on any atom is -0.397 e. The fraction of sp³-hybridized carbons (Fsp3) is 0. The Morgan fingerprint density at radius 2 is 1.70 bits per heavy atom. The van der Waals surface area contributed by atoms with Gasteiger partial charge in [0.1, 0.15) is 0 Å². The van der Waals surface area contributed by atoms with Gasteiger partial charge in [-0.3, -0.25) is 4.79 Å². The number of benzene rings is 2. The van der Waals surface area contributed by atoms with Crippen molar-refractivity contribution in [3.8, 4) is 0 Å². The third-order valence-electron chi connectivity index (χ3n) is 2.57. The molecule has 3 nitrogen and oxygen atoms in total. The predicted octanol–water partition coefficient (Wildman–Crippen LogP) is 4.23. The van der Waals surface area contributed by atoms with Crippen LogP contribution in [-0.2, 0) is 4.79 Å². The molecule has 2 rings (SSSR count). The highest BCUT2D eigenvalue weighted by atomic mass is 35.5. The van der Waals surface area contributed by atoms with Crippen molar-refractivity contribution in [3.63, 3.8) is 0 Å². The average Bonchev–Trinajstić information content (AvgIpc) is 2.41. The molecule has 2 aromatic carbocycles. The lowest BCUT2D eigenvalue weighted by molar-refractivity contribution is -0.111. The number of carbonyl (C=O) groups excluding carboxylic acids is 1.